The van der Waals surface area contributed by atoms with Gasteiger partial charge in [-0.15, -0.1) is 0 Å². The van der Waals surface area contributed by atoms with Crippen LogP contribution in [-0.2, 0) is 0 Å². The molecule has 4 nitrogen and oxygen atoms in total. The van der Waals surface area contributed by atoms with Gasteiger partial charge in [-0.1, -0.05) is 11.6 Å². The standard InChI is InChI=1S/C10H7ClN2O2/c1-5(14)8-3-6-2-7(11)4-12-9(6)13-10(8)15/h2-4H,1H3,(H,12,13,15). The third kappa shape index (κ3) is 1.76. The van der Waals surface area contributed by atoms with Crippen LogP contribution in [-0.4, -0.2) is 15.8 Å². The number of rotatable bonds is 1. The molecule has 0 aliphatic rings. The Hall–Kier alpha value is -1.68. The molecule has 5 heteroatoms. The molecule has 0 unspecified atom stereocenters. The van der Waals surface area contributed by atoms with Crippen molar-refractivity contribution in [1.82, 2.24) is 9.97 Å². The zero-order valence-electron chi connectivity index (χ0n) is 7.87. The number of halogens is 1. The number of fused-ring (bicyclic) bond motifs is 1. The Labute approximate surface area is 89.9 Å². The first-order chi connectivity index (χ1) is 7.08. The van der Waals surface area contributed by atoms with Gasteiger partial charge in [-0.05, 0) is 19.1 Å². The van der Waals surface area contributed by atoms with Crippen LogP contribution in [0.5, 0.6) is 0 Å². The van der Waals surface area contributed by atoms with Crippen molar-refractivity contribution in [2.75, 3.05) is 0 Å². The predicted octanol–water partition coefficient (Wildman–Crippen LogP) is 1.78. The highest BCUT2D eigenvalue weighted by Crippen LogP contribution is 2.14. The summed E-state index contributed by atoms with van der Waals surface area (Å²) in [4.78, 5) is 29.0. The summed E-state index contributed by atoms with van der Waals surface area (Å²) in [5.74, 6) is -0.280. The normalized spacial score (nSPS) is 10.5. The van der Waals surface area contributed by atoms with Crippen molar-refractivity contribution in [1.29, 1.82) is 0 Å². The van der Waals surface area contributed by atoms with E-state index in [1.165, 1.54) is 19.2 Å². The van der Waals surface area contributed by atoms with Crippen molar-refractivity contribution >= 4 is 28.4 Å². The molecule has 0 aliphatic heterocycles. The smallest absolute Gasteiger partial charge is 0.260 e. The molecule has 15 heavy (non-hydrogen) atoms. The van der Waals surface area contributed by atoms with Crippen LogP contribution in [0.1, 0.15) is 17.3 Å². The van der Waals surface area contributed by atoms with Crippen molar-refractivity contribution < 1.29 is 4.79 Å². The van der Waals surface area contributed by atoms with Gasteiger partial charge in [0.15, 0.2) is 5.78 Å². The summed E-state index contributed by atoms with van der Waals surface area (Å²) < 4.78 is 0. The van der Waals surface area contributed by atoms with Crippen molar-refractivity contribution in [2.24, 2.45) is 0 Å². The highest BCUT2D eigenvalue weighted by atomic mass is 35.5. The van der Waals surface area contributed by atoms with Gasteiger partial charge in [0.2, 0.25) is 0 Å². The first kappa shape index (κ1) is 9.86. The fraction of sp³-hybridized carbons (Fsp3) is 0.100. The lowest BCUT2D eigenvalue weighted by atomic mass is 10.1. The molecule has 0 fully saturated rings. The number of H-pyrrole nitrogens is 1. The van der Waals surface area contributed by atoms with Crippen LogP contribution in [0.4, 0.5) is 0 Å². The molecule has 0 radical (unpaired) electrons. The number of hydrogen-bond acceptors (Lipinski definition) is 3. The fourth-order valence-corrected chi connectivity index (χ4v) is 1.49. The third-order valence-electron chi connectivity index (χ3n) is 2.04. The predicted molar refractivity (Wildman–Crippen MR) is 57.4 cm³/mol. The average molecular weight is 223 g/mol. The minimum Gasteiger partial charge on any atom is -0.306 e. The Morgan fingerprint density at radius 1 is 1.47 bits per heavy atom. The second-order valence-corrected chi connectivity index (χ2v) is 3.60. The number of carbonyl (C=O) groups excluding carboxylic acids is 1. The molecule has 2 rings (SSSR count). The molecule has 0 amide bonds. The number of aromatic nitrogens is 2. The molecular weight excluding hydrogens is 216 g/mol. The van der Waals surface area contributed by atoms with Gasteiger partial charge in [-0.2, -0.15) is 0 Å². The van der Waals surface area contributed by atoms with Crippen molar-refractivity contribution in [3.05, 3.63) is 39.3 Å². The maximum atomic E-state index is 11.4. The molecule has 0 saturated heterocycles. The monoisotopic (exact) mass is 222 g/mol. The Morgan fingerprint density at radius 2 is 2.20 bits per heavy atom. The lowest BCUT2D eigenvalue weighted by Gasteiger charge is -1.99. The summed E-state index contributed by atoms with van der Waals surface area (Å²) in [5, 5.41) is 1.11. The quantitative estimate of drug-likeness (QED) is 0.748. The van der Waals surface area contributed by atoms with E-state index in [0.29, 0.717) is 16.1 Å². The number of carbonyl (C=O) groups is 1. The van der Waals surface area contributed by atoms with Gasteiger partial charge in [-0.3, -0.25) is 9.59 Å². The number of nitrogens with one attached hydrogen (secondary N) is 1. The number of Topliss-reactive ketones (excluding diaryl/α,β-unsaturated/α-hetero) is 1. The molecule has 0 aliphatic carbocycles. The molecular formula is C10H7ClN2O2. The summed E-state index contributed by atoms with van der Waals surface area (Å²) in [6.07, 6.45) is 1.44. The molecule has 0 bridgehead atoms. The maximum absolute atomic E-state index is 11.4. The van der Waals surface area contributed by atoms with Gasteiger partial charge in [0.1, 0.15) is 5.65 Å². The minimum atomic E-state index is -0.426. The van der Waals surface area contributed by atoms with Crippen molar-refractivity contribution in [2.45, 2.75) is 6.92 Å². The topological polar surface area (TPSA) is 62.8 Å². The van der Waals surface area contributed by atoms with Crippen molar-refractivity contribution in [3.8, 4) is 0 Å². The Balaban J connectivity index is 2.83. The van der Waals surface area contributed by atoms with Gasteiger partial charge < -0.3 is 4.98 Å². The molecule has 0 atom stereocenters. The van der Waals surface area contributed by atoms with Crippen LogP contribution in [0.15, 0.2) is 23.1 Å². The molecule has 0 spiro atoms. The van der Waals surface area contributed by atoms with E-state index in [1.54, 1.807) is 6.07 Å². The molecule has 76 valence electrons. The summed E-state index contributed by atoms with van der Waals surface area (Å²) in [6.45, 7) is 1.34. The summed E-state index contributed by atoms with van der Waals surface area (Å²) in [7, 11) is 0. The highest BCUT2D eigenvalue weighted by molar-refractivity contribution is 6.31. The SMILES string of the molecule is CC(=O)c1cc2cc(Cl)cnc2[nH]c1=O. The van der Waals surface area contributed by atoms with Crippen LogP contribution in [0, 0.1) is 0 Å². The van der Waals surface area contributed by atoms with Gasteiger partial charge in [-0.25, -0.2) is 4.98 Å². The first-order valence-corrected chi connectivity index (χ1v) is 4.65. The molecule has 2 aromatic heterocycles. The molecule has 1 N–H and O–H groups in total. The van der Waals surface area contributed by atoms with Crippen molar-refractivity contribution in [3.63, 3.8) is 0 Å². The van der Waals surface area contributed by atoms with Crippen LogP contribution >= 0.6 is 11.6 Å². The van der Waals surface area contributed by atoms with Gasteiger partial charge >= 0.3 is 0 Å². The average Bonchev–Trinajstić information content (AvgIpc) is 2.17. The van der Waals surface area contributed by atoms with Gasteiger partial charge in [0, 0.05) is 11.6 Å². The molecule has 2 aromatic rings. The Kier molecular flexibility index (Phi) is 2.28. The van der Waals surface area contributed by atoms with Crippen LogP contribution < -0.4 is 5.56 Å². The largest absolute Gasteiger partial charge is 0.306 e. The summed E-state index contributed by atoms with van der Waals surface area (Å²) in [5.41, 5.74) is 0.116. The van der Waals surface area contributed by atoms with Gasteiger partial charge in [0.05, 0.1) is 10.6 Å². The van der Waals surface area contributed by atoms with Crippen LogP contribution in [0.3, 0.4) is 0 Å². The Morgan fingerprint density at radius 3 is 2.87 bits per heavy atom. The van der Waals surface area contributed by atoms with E-state index in [0.717, 1.165) is 0 Å². The summed E-state index contributed by atoms with van der Waals surface area (Å²) in [6, 6.07) is 3.14. The first-order valence-electron chi connectivity index (χ1n) is 4.27. The van der Waals surface area contributed by atoms with E-state index in [-0.39, 0.29) is 11.3 Å². The van der Waals surface area contributed by atoms with E-state index >= 15 is 0 Å². The lowest BCUT2D eigenvalue weighted by Crippen LogP contribution is -2.15. The van der Waals surface area contributed by atoms with Crippen LogP contribution in [0.2, 0.25) is 5.02 Å². The Bertz CT molecular complexity index is 604. The number of hydrogen-bond donors (Lipinski definition) is 1. The minimum absolute atomic E-state index is 0.117. The molecule has 0 aromatic carbocycles. The fourth-order valence-electron chi connectivity index (χ4n) is 1.33. The molecule has 0 saturated carbocycles. The van der Waals surface area contributed by atoms with E-state index in [4.69, 9.17) is 11.6 Å². The van der Waals surface area contributed by atoms with Gasteiger partial charge in [0.25, 0.3) is 5.56 Å². The highest BCUT2D eigenvalue weighted by Gasteiger charge is 2.07. The zero-order valence-corrected chi connectivity index (χ0v) is 8.63. The maximum Gasteiger partial charge on any atom is 0.260 e. The molecule has 2 heterocycles. The summed E-state index contributed by atoms with van der Waals surface area (Å²) >= 11 is 5.75. The number of aromatic amines is 1. The number of ketones is 1. The third-order valence-corrected chi connectivity index (χ3v) is 2.25. The van der Waals surface area contributed by atoms with E-state index < -0.39 is 5.56 Å². The van der Waals surface area contributed by atoms with E-state index in [1.807, 2.05) is 0 Å². The number of nitrogens with zero attached hydrogens (tertiary/aromatic N) is 1. The van der Waals surface area contributed by atoms with E-state index in [9.17, 15) is 9.59 Å². The lowest BCUT2D eigenvalue weighted by molar-refractivity contribution is 0.101. The van der Waals surface area contributed by atoms with Crippen LogP contribution in [0.25, 0.3) is 11.0 Å². The second kappa shape index (κ2) is 3.47. The number of pyridine rings is 2. The second-order valence-electron chi connectivity index (χ2n) is 3.16. The zero-order chi connectivity index (χ0) is 11.0. The van der Waals surface area contributed by atoms with E-state index in [2.05, 4.69) is 9.97 Å².